The number of ether oxygens (including phenoxy) is 1. The number of aliphatic imine (C=N–C) groups is 1. The van der Waals surface area contributed by atoms with E-state index in [9.17, 15) is 4.79 Å². The summed E-state index contributed by atoms with van der Waals surface area (Å²) < 4.78 is 4.49. The first kappa shape index (κ1) is 10.6. The van der Waals surface area contributed by atoms with Crippen LogP contribution < -0.4 is 0 Å². The normalized spacial score (nSPS) is 12.8. The maximum atomic E-state index is 10.8. The van der Waals surface area contributed by atoms with Crippen LogP contribution in [-0.2, 0) is 9.53 Å². The number of esters is 1. The molecule has 0 bridgehead atoms. The number of carbonyl (C=O) groups excluding carboxylic acids is 1. The Morgan fingerprint density at radius 2 is 2.08 bits per heavy atom. The number of nitrogens with zero attached hydrogens (tertiary/aromatic N) is 1. The molecule has 0 N–H and O–H groups in total. The summed E-state index contributed by atoms with van der Waals surface area (Å²) in [5.74, 6) is -0.312. The fourth-order valence-electron chi connectivity index (χ4n) is 0.565. The van der Waals surface area contributed by atoms with E-state index in [1.165, 1.54) is 7.11 Å². The van der Waals surface area contributed by atoms with Gasteiger partial charge < -0.3 is 4.74 Å². The van der Waals surface area contributed by atoms with Crippen molar-refractivity contribution in [3.63, 3.8) is 0 Å². The van der Waals surface area contributed by atoms with E-state index in [1.54, 1.807) is 38.4 Å². The van der Waals surface area contributed by atoms with Crippen molar-refractivity contribution >= 4 is 12.2 Å². The molecule has 12 heavy (non-hydrogen) atoms. The number of allylic oxidation sites excluding steroid dienone is 3. The Kier molecular flexibility index (Phi) is 5.61. The van der Waals surface area contributed by atoms with Crippen LogP contribution in [0.1, 0.15) is 6.92 Å². The predicted octanol–water partition coefficient (Wildman–Crippen LogP) is 1.36. The highest BCUT2D eigenvalue weighted by atomic mass is 16.5. The molecule has 0 saturated heterocycles. The summed E-state index contributed by atoms with van der Waals surface area (Å²) >= 11 is 0. The van der Waals surface area contributed by atoms with Crippen LogP contribution in [0.2, 0.25) is 0 Å². The molecule has 0 amide bonds. The lowest BCUT2D eigenvalue weighted by Crippen LogP contribution is -2.00. The van der Waals surface area contributed by atoms with Gasteiger partial charge in [0.1, 0.15) is 0 Å². The lowest BCUT2D eigenvalue weighted by atomic mass is 10.3. The van der Waals surface area contributed by atoms with Gasteiger partial charge in [-0.1, -0.05) is 12.2 Å². The standard InChI is InChI=1S/C9H13NO2/c1-8(9(11)12-3)6-4-5-7-10-2/h4-7H,1-3H3/b5-4-,8-6+,10-7?. The molecule has 0 rings (SSSR count). The third kappa shape index (κ3) is 4.44. The Morgan fingerprint density at radius 1 is 1.42 bits per heavy atom. The van der Waals surface area contributed by atoms with Gasteiger partial charge in [-0.25, -0.2) is 4.79 Å². The average molecular weight is 167 g/mol. The average Bonchev–Trinajstić information content (AvgIpc) is 2.10. The van der Waals surface area contributed by atoms with Gasteiger partial charge in [0.15, 0.2) is 0 Å². The summed E-state index contributed by atoms with van der Waals surface area (Å²) in [6, 6.07) is 0. The molecule has 0 aromatic rings. The molecule has 0 aliphatic carbocycles. The Morgan fingerprint density at radius 3 is 2.58 bits per heavy atom. The Bertz CT molecular complexity index is 227. The lowest BCUT2D eigenvalue weighted by Gasteiger charge is -1.94. The molecule has 0 radical (unpaired) electrons. The first-order valence-corrected chi connectivity index (χ1v) is 3.56. The Hall–Kier alpha value is -1.38. The van der Waals surface area contributed by atoms with E-state index in [2.05, 4.69) is 9.73 Å². The number of rotatable bonds is 3. The van der Waals surface area contributed by atoms with Crippen LogP contribution in [0.15, 0.2) is 28.8 Å². The van der Waals surface area contributed by atoms with E-state index in [4.69, 9.17) is 0 Å². The Balaban J connectivity index is 4.08. The molecule has 0 aliphatic rings. The minimum Gasteiger partial charge on any atom is -0.466 e. The van der Waals surface area contributed by atoms with E-state index in [-0.39, 0.29) is 5.97 Å². The topological polar surface area (TPSA) is 38.7 Å². The first-order valence-electron chi connectivity index (χ1n) is 3.56. The van der Waals surface area contributed by atoms with Crippen LogP contribution in [-0.4, -0.2) is 26.3 Å². The molecule has 0 unspecified atom stereocenters. The summed E-state index contributed by atoms with van der Waals surface area (Å²) in [5, 5.41) is 0. The van der Waals surface area contributed by atoms with Gasteiger partial charge in [-0.2, -0.15) is 0 Å². The molecule has 0 aromatic carbocycles. The highest BCUT2D eigenvalue weighted by molar-refractivity contribution is 5.88. The summed E-state index contributed by atoms with van der Waals surface area (Å²) in [4.78, 5) is 14.6. The van der Waals surface area contributed by atoms with Crippen LogP contribution in [0.25, 0.3) is 0 Å². The van der Waals surface area contributed by atoms with Crippen LogP contribution in [0, 0.1) is 0 Å². The summed E-state index contributed by atoms with van der Waals surface area (Å²) in [7, 11) is 3.04. The smallest absolute Gasteiger partial charge is 0.333 e. The van der Waals surface area contributed by atoms with Crippen molar-refractivity contribution in [1.82, 2.24) is 0 Å². The van der Waals surface area contributed by atoms with Crippen molar-refractivity contribution in [2.75, 3.05) is 14.2 Å². The minimum atomic E-state index is -0.312. The van der Waals surface area contributed by atoms with E-state index < -0.39 is 0 Å². The monoisotopic (exact) mass is 167 g/mol. The van der Waals surface area contributed by atoms with E-state index >= 15 is 0 Å². The molecule has 0 aliphatic heterocycles. The summed E-state index contributed by atoms with van der Waals surface area (Å²) in [6.07, 6.45) is 6.79. The zero-order valence-corrected chi connectivity index (χ0v) is 7.57. The molecule has 0 spiro atoms. The van der Waals surface area contributed by atoms with E-state index in [0.29, 0.717) is 5.57 Å². The molecular formula is C9H13NO2. The van der Waals surface area contributed by atoms with Crippen molar-refractivity contribution in [1.29, 1.82) is 0 Å². The fourth-order valence-corrected chi connectivity index (χ4v) is 0.565. The third-order valence-electron chi connectivity index (χ3n) is 1.20. The summed E-state index contributed by atoms with van der Waals surface area (Å²) in [6.45, 7) is 1.69. The molecule has 0 heterocycles. The Labute approximate surface area is 72.4 Å². The molecule has 3 nitrogen and oxygen atoms in total. The van der Waals surface area contributed by atoms with Gasteiger partial charge in [-0.15, -0.1) is 0 Å². The van der Waals surface area contributed by atoms with Crippen molar-refractivity contribution in [2.24, 2.45) is 4.99 Å². The quantitative estimate of drug-likeness (QED) is 0.275. The summed E-state index contributed by atoms with van der Waals surface area (Å²) in [5.41, 5.74) is 0.568. The maximum Gasteiger partial charge on any atom is 0.333 e. The van der Waals surface area contributed by atoms with Gasteiger partial charge in [-0.05, 0) is 13.0 Å². The number of methoxy groups -OCH3 is 1. The molecule has 66 valence electrons. The van der Waals surface area contributed by atoms with Crippen LogP contribution >= 0.6 is 0 Å². The predicted molar refractivity (Wildman–Crippen MR) is 49.3 cm³/mol. The molecule has 3 heteroatoms. The molecule has 0 aromatic heterocycles. The largest absolute Gasteiger partial charge is 0.466 e. The third-order valence-corrected chi connectivity index (χ3v) is 1.20. The number of hydrogen-bond acceptors (Lipinski definition) is 3. The minimum absolute atomic E-state index is 0.312. The SMILES string of the molecule is CN=C/C=C\C=C(/C)C(=O)OC. The second-order valence-electron chi connectivity index (χ2n) is 2.13. The molecule has 0 fully saturated rings. The van der Waals surface area contributed by atoms with Crippen molar-refractivity contribution in [3.05, 3.63) is 23.8 Å². The van der Waals surface area contributed by atoms with Gasteiger partial charge in [-0.3, -0.25) is 4.99 Å². The van der Waals surface area contributed by atoms with Crippen LogP contribution in [0.3, 0.4) is 0 Å². The zero-order valence-electron chi connectivity index (χ0n) is 7.57. The molecule has 0 atom stereocenters. The highest BCUT2D eigenvalue weighted by Gasteiger charge is 1.99. The van der Waals surface area contributed by atoms with Gasteiger partial charge in [0, 0.05) is 18.8 Å². The van der Waals surface area contributed by atoms with Gasteiger partial charge in [0.05, 0.1) is 7.11 Å². The van der Waals surface area contributed by atoms with Crippen molar-refractivity contribution in [3.8, 4) is 0 Å². The number of carbonyl (C=O) groups is 1. The van der Waals surface area contributed by atoms with E-state index in [0.717, 1.165) is 0 Å². The fraction of sp³-hybridized carbons (Fsp3) is 0.333. The first-order chi connectivity index (χ1) is 5.72. The maximum absolute atomic E-state index is 10.8. The second kappa shape index (κ2) is 6.34. The van der Waals surface area contributed by atoms with E-state index in [1.807, 2.05) is 0 Å². The van der Waals surface area contributed by atoms with Crippen LogP contribution in [0.5, 0.6) is 0 Å². The molecule has 0 saturated carbocycles. The van der Waals surface area contributed by atoms with Gasteiger partial charge >= 0.3 is 5.97 Å². The second-order valence-corrected chi connectivity index (χ2v) is 2.13. The van der Waals surface area contributed by atoms with Gasteiger partial charge in [0.2, 0.25) is 0 Å². The van der Waals surface area contributed by atoms with Crippen LogP contribution in [0.4, 0.5) is 0 Å². The van der Waals surface area contributed by atoms with Crippen molar-refractivity contribution in [2.45, 2.75) is 6.92 Å². The number of hydrogen-bond donors (Lipinski definition) is 0. The van der Waals surface area contributed by atoms with Crippen molar-refractivity contribution < 1.29 is 9.53 Å². The van der Waals surface area contributed by atoms with Gasteiger partial charge in [0.25, 0.3) is 0 Å². The molecular weight excluding hydrogens is 154 g/mol. The lowest BCUT2D eigenvalue weighted by molar-refractivity contribution is -0.136. The zero-order chi connectivity index (χ0) is 9.40. The highest BCUT2D eigenvalue weighted by Crippen LogP contribution is 1.94.